The van der Waals surface area contributed by atoms with Gasteiger partial charge in [-0.25, -0.2) is 4.79 Å². The summed E-state index contributed by atoms with van der Waals surface area (Å²) in [5.41, 5.74) is -2.47. The lowest BCUT2D eigenvalue weighted by Gasteiger charge is -2.31. The van der Waals surface area contributed by atoms with E-state index in [0.717, 1.165) is 0 Å². The topological polar surface area (TPSA) is 75.6 Å². The van der Waals surface area contributed by atoms with Gasteiger partial charge in [-0.15, -0.1) is 0 Å². The van der Waals surface area contributed by atoms with E-state index in [1.54, 1.807) is 27.7 Å². The Kier molecular flexibility index (Phi) is 6.42. The van der Waals surface area contributed by atoms with Gasteiger partial charge in [0.05, 0.1) is 5.60 Å². The minimum atomic E-state index is -0.984. The van der Waals surface area contributed by atoms with Crippen molar-refractivity contribution in [1.29, 1.82) is 0 Å². The number of hydrogen-bond acceptors (Lipinski definition) is 4. The van der Waals surface area contributed by atoms with Crippen LogP contribution in [0, 0.1) is 11.3 Å². The van der Waals surface area contributed by atoms with Gasteiger partial charge >= 0.3 is 6.09 Å². The van der Waals surface area contributed by atoms with E-state index in [1.807, 2.05) is 27.7 Å². The van der Waals surface area contributed by atoms with Crippen molar-refractivity contribution in [2.24, 2.45) is 11.3 Å². The lowest BCUT2D eigenvalue weighted by Crippen LogP contribution is -2.46. The zero-order chi connectivity index (χ0) is 17.1. The van der Waals surface area contributed by atoms with Gasteiger partial charge in [-0.3, -0.25) is 10.1 Å². The highest BCUT2D eigenvalue weighted by atomic mass is 16.6. The van der Waals surface area contributed by atoms with E-state index >= 15 is 0 Å². The normalized spacial score (nSPS) is 13.2. The molecule has 0 rings (SSSR count). The molecule has 0 aliphatic carbocycles. The summed E-state index contributed by atoms with van der Waals surface area (Å²) in [5, 5.41) is 12.1. The van der Waals surface area contributed by atoms with Gasteiger partial charge in [0.2, 0.25) is 5.91 Å². The second kappa shape index (κ2) is 6.77. The molecule has 0 saturated carbocycles. The molecule has 0 spiro atoms. The Balaban J connectivity index is 4.61. The molecule has 5 heteroatoms. The smallest absolute Gasteiger partial charge is 0.414 e. The average molecular weight is 301 g/mol. The summed E-state index contributed by atoms with van der Waals surface area (Å²) in [6.07, 6.45) is 0.213. The first kappa shape index (κ1) is 19.9. The van der Waals surface area contributed by atoms with Gasteiger partial charge in [0, 0.05) is 5.41 Å². The van der Waals surface area contributed by atoms with Crippen LogP contribution < -0.4 is 5.32 Å². The minimum absolute atomic E-state index is 0.245. The molecule has 5 nitrogen and oxygen atoms in total. The molecule has 0 aromatic heterocycles. The third kappa shape index (κ3) is 8.71. The zero-order valence-electron chi connectivity index (χ0n) is 14.7. The van der Waals surface area contributed by atoms with Crippen LogP contribution in [0.1, 0.15) is 68.2 Å². The number of rotatable bonds is 6. The quantitative estimate of drug-likeness (QED) is 0.789. The molecule has 0 aromatic rings. The number of alkyl carbamates (subject to hydrolysis) is 1. The minimum Gasteiger partial charge on any atom is -0.443 e. The predicted molar refractivity (Wildman–Crippen MR) is 82.9 cm³/mol. The van der Waals surface area contributed by atoms with Crippen LogP contribution in [0.4, 0.5) is 4.79 Å². The van der Waals surface area contributed by atoms with Gasteiger partial charge in [0.1, 0.15) is 5.60 Å². The van der Waals surface area contributed by atoms with Crippen LogP contribution in [-0.2, 0) is 9.53 Å². The number of imide groups is 1. The van der Waals surface area contributed by atoms with Crippen LogP contribution >= 0.6 is 0 Å². The Morgan fingerprint density at radius 1 is 1.10 bits per heavy atom. The molecule has 0 unspecified atom stereocenters. The number of ether oxygens (including phenoxy) is 1. The predicted octanol–water partition coefficient (Wildman–Crippen LogP) is 3.25. The third-order valence-corrected chi connectivity index (χ3v) is 2.97. The molecule has 0 atom stereocenters. The lowest BCUT2D eigenvalue weighted by molar-refractivity contribution is -0.132. The molecule has 21 heavy (non-hydrogen) atoms. The Morgan fingerprint density at radius 3 is 1.95 bits per heavy atom. The summed E-state index contributed by atoms with van der Waals surface area (Å²) in [6.45, 7) is 14.4. The van der Waals surface area contributed by atoms with Crippen LogP contribution in [0.5, 0.6) is 0 Å². The molecule has 2 N–H and O–H groups in total. The monoisotopic (exact) mass is 301 g/mol. The fourth-order valence-corrected chi connectivity index (χ4v) is 2.72. The number of nitrogens with one attached hydrogen (secondary N) is 1. The van der Waals surface area contributed by atoms with Crippen molar-refractivity contribution in [2.45, 2.75) is 79.4 Å². The summed E-state index contributed by atoms with van der Waals surface area (Å²) < 4.78 is 5.31. The largest absolute Gasteiger partial charge is 0.443 e. The van der Waals surface area contributed by atoms with Crippen molar-refractivity contribution in [3.05, 3.63) is 0 Å². The molecule has 0 bridgehead atoms. The van der Waals surface area contributed by atoms with Crippen molar-refractivity contribution >= 4 is 12.0 Å². The van der Waals surface area contributed by atoms with Gasteiger partial charge in [-0.05, 0) is 46.5 Å². The molecular weight excluding hydrogens is 270 g/mol. The molecule has 0 saturated heterocycles. The molecule has 0 heterocycles. The number of hydrogen-bond donors (Lipinski definition) is 2. The summed E-state index contributed by atoms with van der Waals surface area (Å²) in [6, 6.07) is 0. The van der Waals surface area contributed by atoms with Gasteiger partial charge in [0.25, 0.3) is 0 Å². The zero-order valence-corrected chi connectivity index (χ0v) is 14.7. The van der Waals surface area contributed by atoms with Crippen molar-refractivity contribution in [3.63, 3.8) is 0 Å². The molecule has 124 valence electrons. The maximum absolute atomic E-state index is 12.1. The number of amides is 2. The molecule has 0 aliphatic rings. The second-order valence-electron chi connectivity index (χ2n) is 8.07. The number of carbonyl (C=O) groups is 2. The van der Waals surface area contributed by atoms with Crippen molar-refractivity contribution < 1.29 is 19.4 Å². The first-order chi connectivity index (χ1) is 9.15. The number of aliphatic hydroxyl groups is 1. The van der Waals surface area contributed by atoms with E-state index in [4.69, 9.17) is 4.74 Å². The molecule has 0 aliphatic heterocycles. The summed E-state index contributed by atoms with van der Waals surface area (Å²) in [7, 11) is 0. The van der Waals surface area contributed by atoms with Crippen molar-refractivity contribution in [3.8, 4) is 0 Å². The van der Waals surface area contributed by atoms with Gasteiger partial charge in [-0.1, -0.05) is 27.7 Å². The van der Waals surface area contributed by atoms with E-state index in [1.165, 1.54) is 0 Å². The molecule has 2 amide bonds. The fourth-order valence-electron chi connectivity index (χ4n) is 2.72. The van der Waals surface area contributed by atoms with E-state index in [9.17, 15) is 14.7 Å². The fraction of sp³-hybridized carbons (Fsp3) is 0.875. The summed E-state index contributed by atoms with van der Waals surface area (Å²) in [5.74, 6) is -0.0647. The van der Waals surface area contributed by atoms with Crippen LogP contribution in [0.2, 0.25) is 0 Å². The first-order valence-corrected chi connectivity index (χ1v) is 7.41. The van der Waals surface area contributed by atoms with Gasteiger partial charge in [-0.2, -0.15) is 0 Å². The van der Waals surface area contributed by atoms with Gasteiger partial charge < -0.3 is 9.84 Å². The van der Waals surface area contributed by atoms with Crippen molar-refractivity contribution in [2.75, 3.05) is 0 Å². The Morgan fingerprint density at radius 2 is 1.57 bits per heavy atom. The Labute approximate surface area is 128 Å². The lowest BCUT2D eigenvalue weighted by atomic mass is 9.81. The number of carbonyl (C=O) groups excluding carboxylic acids is 2. The van der Waals surface area contributed by atoms with Gasteiger partial charge in [0.15, 0.2) is 0 Å². The van der Waals surface area contributed by atoms with Crippen LogP contribution in [0.25, 0.3) is 0 Å². The SMILES string of the molecule is CC(C)CC(C)(C)OC(=O)NC(=O)C(C)(C)CC(C)(C)O. The highest BCUT2D eigenvalue weighted by molar-refractivity contribution is 5.95. The van der Waals surface area contributed by atoms with Crippen LogP contribution in [-0.4, -0.2) is 28.3 Å². The van der Waals surface area contributed by atoms with E-state index < -0.39 is 28.6 Å². The van der Waals surface area contributed by atoms with E-state index in [0.29, 0.717) is 12.3 Å². The van der Waals surface area contributed by atoms with E-state index in [-0.39, 0.29) is 6.42 Å². The first-order valence-electron chi connectivity index (χ1n) is 7.41. The van der Waals surface area contributed by atoms with E-state index in [2.05, 4.69) is 5.32 Å². The highest BCUT2D eigenvalue weighted by Gasteiger charge is 2.35. The van der Waals surface area contributed by atoms with Crippen molar-refractivity contribution in [1.82, 2.24) is 5.32 Å². The second-order valence-corrected chi connectivity index (χ2v) is 8.07. The maximum Gasteiger partial charge on any atom is 0.414 e. The highest BCUT2D eigenvalue weighted by Crippen LogP contribution is 2.28. The Bertz CT molecular complexity index is 378. The third-order valence-electron chi connectivity index (χ3n) is 2.97. The summed E-state index contributed by atoms with van der Waals surface area (Å²) in [4.78, 5) is 24.0. The maximum atomic E-state index is 12.1. The standard InChI is InChI=1S/C16H31NO4/c1-11(2)9-16(7,8)21-13(19)17-12(18)14(3,4)10-15(5,6)20/h11,20H,9-10H2,1-8H3,(H,17,18,19). The molecule has 0 radical (unpaired) electrons. The molecular formula is C16H31NO4. The Hall–Kier alpha value is -1.10. The molecule has 0 aromatic carbocycles. The molecule has 0 fully saturated rings. The average Bonchev–Trinajstić information content (AvgIpc) is 2.08. The van der Waals surface area contributed by atoms with Crippen LogP contribution in [0.15, 0.2) is 0 Å². The summed E-state index contributed by atoms with van der Waals surface area (Å²) >= 11 is 0. The van der Waals surface area contributed by atoms with Crippen LogP contribution in [0.3, 0.4) is 0 Å².